The lowest BCUT2D eigenvalue weighted by molar-refractivity contribution is 1.04. The summed E-state index contributed by atoms with van der Waals surface area (Å²) in [4.78, 5) is 11.3. The van der Waals surface area contributed by atoms with Crippen LogP contribution >= 0.6 is 27.3 Å². The third-order valence-corrected chi connectivity index (χ3v) is 2.81. The molecule has 66 valence electrons. The minimum absolute atomic E-state index is 0.0399. The summed E-state index contributed by atoms with van der Waals surface area (Å²) in [5.41, 5.74) is 0.889. The van der Waals surface area contributed by atoms with Crippen molar-refractivity contribution in [3.63, 3.8) is 0 Å². The molecule has 0 radical (unpaired) electrons. The third kappa shape index (κ3) is 1.73. The Labute approximate surface area is 87.6 Å². The van der Waals surface area contributed by atoms with Gasteiger partial charge in [0.05, 0.1) is 5.69 Å². The van der Waals surface area contributed by atoms with E-state index in [1.807, 2.05) is 24.3 Å². The highest BCUT2D eigenvalue weighted by Crippen LogP contribution is 2.14. The lowest BCUT2D eigenvalue weighted by Crippen LogP contribution is -2.08. The van der Waals surface area contributed by atoms with Crippen LogP contribution < -0.4 is 4.87 Å². The highest BCUT2D eigenvalue weighted by Gasteiger charge is 1.99. The van der Waals surface area contributed by atoms with Crippen molar-refractivity contribution in [1.29, 1.82) is 0 Å². The largest absolute Gasteiger partial charge is 0.311 e. The minimum Gasteiger partial charge on any atom is -0.275 e. The molecule has 2 nitrogen and oxygen atoms in total. The number of halogens is 1. The van der Waals surface area contributed by atoms with Crippen LogP contribution in [0.5, 0.6) is 0 Å². The van der Waals surface area contributed by atoms with Crippen LogP contribution in [0, 0.1) is 0 Å². The first-order valence-electron chi connectivity index (χ1n) is 3.69. The first-order valence-corrected chi connectivity index (χ1v) is 5.37. The summed E-state index contributed by atoms with van der Waals surface area (Å²) >= 11 is 4.56. The van der Waals surface area contributed by atoms with E-state index in [1.54, 1.807) is 16.1 Å². The number of aromatic nitrogens is 1. The molecular weight excluding hydrogens is 250 g/mol. The maximum Gasteiger partial charge on any atom is 0.311 e. The van der Waals surface area contributed by atoms with E-state index in [0.29, 0.717) is 0 Å². The molecule has 0 spiro atoms. The lowest BCUT2D eigenvalue weighted by Gasteiger charge is -2.00. The molecule has 0 fully saturated rings. The van der Waals surface area contributed by atoms with Crippen LogP contribution in [-0.2, 0) is 0 Å². The zero-order chi connectivity index (χ0) is 9.26. The van der Waals surface area contributed by atoms with Gasteiger partial charge in [0.1, 0.15) is 0 Å². The maximum absolute atomic E-state index is 11.3. The van der Waals surface area contributed by atoms with Crippen molar-refractivity contribution in [3.8, 4) is 5.69 Å². The fraction of sp³-hybridized carbons (Fsp3) is 0. The average Bonchev–Trinajstić information content (AvgIpc) is 2.51. The summed E-state index contributed by atoms with van der Waals surface area (Å²) < 4.78 is 2.60. The third-order valence-electron chi connectivity index (χ3n) is 1.66. The molecule has 0 N–H and O–H groups in total. The molecule has 0 atom stereocenters. The Hall–Kier alpha value is -0.870. The van der Waals surface area contributed by atoms with Gasteiger partial charge in [-0.1, -0.05) is 33.3 Å². The SMILES string of the molecule is O=c1sccn1-c1cccc(Br)c1. The second kappa shape index (κ2) is 3.47. The molecule has 0 aliphatic carbocycles. The molecule has 13 heavy (non-hydrogen) atoms. The van der Waals surface area contributed by atoms with Gasteiger partial charge in [-0.3, -0.25) is 9.36 Å². The van der Waals surface area contributed by atoms with Crippen LogP contribution in [0.1, 0.15) is 0 Å². The summed E-state index contributed by atoms with van der Waals surface area (Å²) in [7, 11) is 0. The molecule has 0 aliphatic rings. The molecule has 1 heterocycles. The van der Waals surface area contributed by atoms with Gasteiger partial charge in [-0.2, -0.15) is 0 Å². The molecule has 0 bridgehead atoms. The van der Waals surface area contributed by atoms with Crippen molar-refractivity contribution < 1.29 is 0 Å². The van der Waals surface area contributed by atoms with Gasteiger partial charge in [0.15, 0.2) is 0 Å². The van der Waals surface area contributed by atoms with E-state index in [2.05, 4.69) is 15.9 Å². The zero-order valence-corrected chi connectivity index (χ0v) is 9.01. The summed E-state index contributed by atoms with van der Waals surface area (Å²) in [6.45, 7) is 0. The molecule has 0 amide bonds. The zero-order valence-electron chi connectivity index (χ0n) is 6.61. The molecule has 2 rings (SSSR count). The van der Waals surface area contributed by atoms with Crippen molar-refractivity contribution in [2.75, 3.05) is 0 Å². The van der Waals surface area contributed by atoms with Gasteiger partial charge in [-0.15, -0.1) is 0 Å². The Balaban J connectivity index is 2.59. The minimum atomic E-state index is 0.0399. The van der Waals surface area contributed by atoms with Gasteiger partial charge < -0.3 is 0 Å². The smallest absolute Gasteiger partial charge is 0.275 e. The van der Waals surface area contributed by atoms with Gasteiger partial charge >= 0.3 is 4.87 Å². The Morgan fingerprint density at radius 2 is 2.23 bits per heavy atom. The molecule has 4 heteroatoms. The van der Waals surface area contributed by atoms with E-state index in [4.69, 9.17) is 0 Å². The van der Waals surface area contributed by atoms with E-state index in [1.165, 1.54) is 11.3 Å². The Bertz CT molecular complexity index is 474. The first kappa shape index (κ1) is 8.72. The second-order valence-corrected chi connectivity index (χ2v) is 4.29. The van der Waals surface area contributed by atoms with Crippen molar-refractivity contribution in [1.82, 2.24) is 4.57 Å². The van der Waals surface area contributed by atoms with E-state index in [0.717, 1.165) is 10.2 Å². The highest BCUT2D eigenvalue weighted by molar-refractivity contribution is 9.10. The van der Waals surface area contributed by atoms with Crippen molar-refractivity contribution in [2.45, 2.75) is 0 Å². The Morgan fingerprint density at radius 3 is 2.85 bits per heavy atom. The second-order valence-electron chi connectivity index (χ2n) is 2.52. The predicted molar refractivity (Wildman–Crippen MR) is 57.6 cm³/mol. The van der Waals surface area contributed by atoms with Crippen LogP contribution in [0.4, 0.5) is 0 Å². The van der Waals surface area contributed by atoms with Gasteiger partial charge in [-0.25, -0.2) is 0 Å². The van der Waals surface area contributed by atoms with Gasteiger partial charge in [0.2, 0.25) is 0 Å². The Morgan fingerprint density at radius 1 is 1.38 bits per heavy atom. The molecule has 1 aromatic carbocycles. The number of benzene rings is 1. The first-order chi connectivity index (χ1) is 6.27. The maximum atomic E-state index is 11.3. The number of thiazole rings is 1. The van der Waals surface area contributed by atoms with Crippen LogP contribution in [0.25, 0.3) is 5.69 Å². The molecule has 0 aliphatic heterocycles. The topological polar surface area (TPSA) is 22.0 Å². The van der Waals surface area contributed by atoms with E-state index in [9.17, 15) is 4.79 Å². The van der Waals surface area contributed by atoms with E-state index >= 15 is 0 Å². The quantitative estimate of drug-likeness (QED) is 0.768. The van der Waals surface area contributed by atoms with Gasteiger partial charge in [-0.05, 0) is 18.2 Å². The number of hydrogen-bond acceptors (Lipinski definition) is 2. The molecule has 0 saturated heterocycles. The molecule has 0 unspecified atom stereocenters. The van der Waals surface area contributed by atoms with E-state index in [-0.39, 0.29) is 4.87 Å². The summed E-state index contributed by atoms with van der Waals surface area (Å²) in [5.74, 6) is 0. The van der Waals surface area contributed by atoms with Gasteiger partial charge in [0, 0.05) is 16.0 Å². The Kier molecular flexibility index (Phi) is 2.33. The number of rotatable bonds is 1. The highest BCUT2D eigenvalue weighted by atomic mass is 79.9. The number of hydrogen-bond donors (Lipinski definition) is 0. The standard InChI is InChI=1S/C9H6BrNOS/c10-7-2-1-3-8(6-7)11-4-5-13-9(11)12/h1-6H. The molecular formula is C9H6BrNOS. The van der Waals surface area contributed by atoms with Crippen molar-refractivity contribution >= 4 is 27.3 Å². The number of nitrogens with zero attached hydrogens (tertiary/aromatic N) is 1. The van der Waals surface area contributed by atoms with Crippen LogP contribution in [0.15, 0.2) is 45.1 Å². The van der Waals surface area contributed by atoms with Gasteiger partial charge in [0.25, 0.3) is 0 Å². The van der Waals surface area contributed by atoms with E-state index < -0.39 is 0 Å². The summed E-state index contributed by atoms with van der Waals surface area (Å²) in [5, 5.41) is 1.78. The van der Waals surface area contributed by atoms with Crippen molar-refractivity contribution in [3.05, 3.63) is 50.0 Å². The predicted octanol–water partition coefficient (Wildman–Crippen LogP) is 2.66. The summed E-state index contributed by atoms with van der Waals surface area (Å²) in [6, 6.07) is 7.65. The average molecular weight is 256 g/mol. The molecule has 0 saturated carbocycles. The van der Waals surface area contributed by atoms with Crippen molar-refractivity contribution in [2.24, 2.45) is 0 Å². The lowest BCUT2D eigenvalue weighted by atomic mass is 10.3. The fourth-order valence-electron chi connectivity index (χ4n) is 1.08. The molecule has 2 aromatic rings. The summed E-state index contributed by atoms with van der Waals surface area (Å²) in [6.07, 6.45) is 1.77. The monoisotopic (exact) mass is 255 g/mol. The van der Waals surface area contributed by atoms with Crippen LogP contribution in [-0.4, -0.2) is 4.57 Å². The molecule has 1 aromatic heterocycles. The van der Waals surface area contributed by atoms with Crippen LogP contribution in [0.3, 0.4) is 0 Å². The van der Waals surface area contributed by atoms with Crippen LogP contribution in [0.2, 0.25) is 0 Å². The fourth-order valence-corrected chi connectivity index (χ4v) is 2.05. The normalized spacial score (nSPS) is 10.2.